The van der Waals surface area contributed by atoms with E-state index in [4.69, 9.17) is 19.3 Å². The first-order valence-electron chi connectivity index (χ1n) is 15.3. The minimum Gasteiger partial charge on any atom is -0.481 e. The van der Waals surface area contributed by atoms with Crippen LogP contribution in [0.5, 0.6) is 0 Å². The summed E-state index contributed by atoms with van der Waals surface area (Å²) in [7, 11) is 0. The van der Waals surface area contributed by atoms with Gasteiger partial charge in [-0.15, -0.1) is 0 Å². The molecule has 0 aromatic rings. The van der Waals surface area contributed by atoms with Crippen LogP contribution in [-0.2, 0) is 33.4 Å². The predicted molar refractivity (Wildman–Crippen MR) is 165 cm³/mol. The lowest BCUT2D eigenvalue weighted by Gasteiger charge is -2.12. The average Bonchev–Trinajstić information content (AvgIpc) is 2.95. The molecule has 0 aromatic heterocycles. The summed E-state index contributed by atoms with van der Waals surface area (Å²) in [6.07, 6.45) is 18.8. The number of rotatable bonds is 19. The summed E-state index contributed by atoms with van der Waals surface area (Å²) in [6.45, 7) is 16.0. The predicted octanol–water partition coefficient (Wildman–Crippen LogP) is 8.29. The molecule has 0 rings (SSSR count). The summed E-state index contributed by atoms with van der Waals surface area (Å²) in [5.74, 6) is -1.54. The molecule has 1 atom stereocenters. The first-order valence-corrected chi connectivity index (χ1v) is 15.3. The number of hydrogen-bond acceptors (Lipinski definition) is 7. The molecule has 0 saturated carbocycles. The second-order valence-electron chi connectivity index (χ2n) is 9.23. The van der Waals surface area contributed by atoms with Crippen molar-refractivity contribution in [2.75, 3.05) is 0 Å². The molecule has 0 fully saturated rings. The second-order valence-corrected chi connectivity index (χ2v) is 9.23. The highest BCUT2D eigenvalue weighted by Gasteiger charge is 2.15. The zero-order valence-corrected chi connectivity index (χ0v) is 27.0. The third kappa shape index (κ3) is 31.5. The number of carbonyl (C=O) groups is 4. The van der Waals surface area contributed by atoms with Gasteiger partial charge in [-0.3, -0.25) is 19.2 Å². The molecule has 0 spiro atoms. The highest BCUT2D eigenvalue weighted by molar-refractivity contribution is 5.73. The molecule has 0 aliphatic carbocycles. The Morgan fingerprint density at radius 2 is 0.756 bits per heavy atom. The van der Waals surface area contributed by atoms with Gasteiger partial charge in [-0.2, -0.15) is 0 Å². The van der Waals surface area contributed by atoms with E-state index < -0.39 is 12.1 Å². The fourth-order valence-corrected chi connectivity index (χ4v) is 3.12. The Balaban J connectivity index is -0.000000530. The number of allylic oxidation sites excluding steroid dienone is 3. The SMILES string of the molecule is CC/C=C/CC(=O)OC(CC)CC.CC/C=C/CC(=O)OC(CC)CC.CC/C=C/CC(=O)OC(CC)CC(=O)O. The lowest BCUT2D eigenvalue weighted by Crippen LogP contribution is -2.20. The first kappa shape index (κ1) is 42.6. The minimum absolute atomic E-state index is 0.0996. The summed E-state index contributed by atoms with van der Waals surface area (Å²) in [5.41, 5.74) is 0. The van der Waals surface area contributed by atoms with E-state index in [9.17, 15) is 19.2 Å². The van der Waals surface area contributed by atoms with Crippen LogP contribution in [0.3, 0.4) is 0 Å². The Labute approximate surface area is 249 Å². The van der Waals surface area contributed by atoms with Gasteiger partial charge in [0.15, 0.2) is 0 Å². The molecule has 0 aliphatic rings. The van der Waals surface area contributed by atoms with Gasteiger partial charge in [-0.05, 0) is 51.4 Å². The third-order valence-electron chi connectivity index (χ3n) is 5.63. The van der Waals surface area contributed by atoms with E-state index in [0.29, 0.717) is 19.3 Å². The molecule has 8 nitrogen and oxygen atoms in total. The van der Waals surface area contributed by atoms with E-state index in [-0.39, 0.29) is 43.0 Å². The van der Waals surface area contributed by atoms with Crippen molar-refractivity contribution in [2.24, 2.45) is 0 Å². The minimum atomic E-state index is -0.946. The lowest BCUT2D eigenvalue weighted by molar-refractivity contribution is -0.152. The highest BCUT2D eigenvalue weighted by atomic mass is 16.6. The van der Waals surface area contributed by atoms with Crippen LogP contribution in [0.4, 0.5) is 0 Å². The Morgan fingerprint density at radius 3 is 0.976 bits per heavy atom. The fraction of sp³-hybridized carbons (Fsp3) is 0.697. The van der Waals surface area contributed by atoms with Crippen LogP contribution >= 0.6 is 0 Å². The Morgan fingerprint density at radius 1 is 0.488 bits per heavy atom. The molecule has 238 valence electrons. The van der Waals surface area contributed by atoms with Crippen LogP contribution in [0.25, 0.3) is 0 Å². The number of ether oxygens (including phenoxy) is 3. The Kier molecular flexibility index (Phi) is 32.8. The molecule has 0 radical (unpaired) electrons. The van der Waals surface area contributed by atoms with Crippen LogP contribution in [0.1, 0.15) is 132 Å². The first-order chi connectivity index (χ1) is 19.6. The van der Waals surface area contributed by atoms with Crippen LogP contribution in [-0.4, -0.2) is 47.3 Å². The maximum absolute atomic E-state index is 11.2. The van der Waals surface area contributed by atoms with Crippen molar-refractivity contribution in [3.63, 3.8) is 0 Å². The van der Waals surface area contributed by atoms with Gasteiger partial charge in [0.1, 0.15) is 18.3 Å². The summed E-state index contributed by atoms with van der Waals surface area (Å²) in [6, 6.07) is 0. The zero-order valence-electron chi connectivity index (χ0n) is 27.0. The highest BCUT2D eigenvalue weighted by Crippen LogP contribution is 2.07. The summed E-state index contributed by atoms with van der Waals surface area (Å²) < 4.78 is 15.4. The topological polar surface area (TPSA) is 116 Å². The van der Waals surface area contributed by atoms with Gasteiger partial charge < -0.3 is 19.3 Å². The summed E-state index contributed by atoms with van der Waals surface area (Å²) >= 11 is 0. The smallest absolute Gasteiger partial charge is 0.309 e. The van der Waals surface area contributed by atoms with Crippen LogP contribution in [0.2, 0.25) is 0 Å². The molecule has 8 heteroatoms. The van der Waals surface area contributed by atoms with Crippen LogP contribution in [0, 0.1) is 0 Å². The quantitative estimate of drug-likeness (QED) is 0.0918. The normalized spacial score (nSPS) is 11.7. The van der Waals surface area contributed by atoms with E-state index in [0.717, 1.165) is 44.9 Å². The standard InChI is InChI=1S/C11H18O4.2C11H20O2/c1-3-5-6-7-11(14)15-9(4-2)8-10(12)13;2*1-4-7-8-9-11(12)13-10(5-2)6-3/h5-6,9H,3-4,7-8H2,1-2H3,(H,12,13);2*7-8,10H,4-6,9H2,1-3H3/b6-5+;2*8-7+. The second kappa shape index (κ2) is 31.6. The van der Waals surface area contributed by atoms with Gasteiger partial charge in [-0.1, -0.05) is 91.8 Å². The van der Waals surface area contributed by atoms with E-state index in [1.807, 2.05) is 78.8 Å². The molecule has 0 amide bonds. The van der Waals surface area contributed by atoms with E-state index in [2.05, 4.69) is 0 Å². The van der Waals surface area contributed by atoms with E-state index in [1.165, 1.54) is 0 Å². The fourth-order valence-electron chi connectivity index (χ4n) is 3.12. The number of hydrogen-bond donors (Lipinski definition) is 1. The number of aliphatic carboxylic acids is 1. The van der Waals surface area contributed by atoms with Crippen LogP contribution < -0.4 is 0 Å². The van der Waals surface area contributed by atoms with Crippen molar-refractivity contribution < 1.29 is 38.5 Å². The van der Waals surface area contributed by atoms with Crippen LogP contribution in [0.15, 0.2) is 36.5 Å². The molecule has 0 heterocycles. The molecule has 0 aliphatic heterocycles. The maximum atomic E-state index is 11.2. The van der Waals surface area contributed by atoms with Gasteiger partial charge in [0.05, 0.1) is 25.7 Å². The van der Waals surface area contributed by atoms with Crippen molar-refractivity contribution >= 4 is 23.9 Å². The summed E-state index contributed by atoms with van der Waals surface area (Å²) in [4.78, 5) is 44.0. The average molecular weight is 583 g/mol. The molecule has 1 unspecified atom stereocenters. The number of carbonyl (C=O) groups excluding carboxylic acids is 3. The molecule has 0 saturated heterocycles. The Hall–Kier alpha value is -2.90. The molecular weight excluding hydrogens is 524 g/mol. The number of esters is 3. The van der Waals surface area contributed by atoms with Crippen molar-refractivity contribution in [1.82, 2.24) is 0 Å². The van der Waals surface area contributed by atoms with Crippen molar-refractivity contribution in [2.45, 2.75) is 151 Å². The molecule has 41 heavy (non-hydrogen) atoms. The molecule has 0 aromatic carbocycles. The third-order valence-corrected chi connectivity index (χ3v) is 5.63. The van der Waals surface area contributed by atoms with Gasteiger partial charge >= 0.3 is 23.9 Å². The largest absolute Gasteiger partial charge is 0.481 e. The zero-order chi connectivity index (χ0) is 31.9. The maximum Gasteiger partial charge on any atom is 0.309 e. The van der Waals surface area contributed by atoms with Gasteiger partial charge in [-0.25, -0.2) is 0 Å². The van der Waals surface area contributed by atoms with E-state index >= 15 is 0 Å². The van der Waals surface area contributed by atoms with Crippen molar-refractivity contribution in [1.29, 1.82) is 0 Å². The van der Waals surface area contributed by atoms with Gasteiger partial charge in [0.2, 0.25) is 0 Å². The van der Waals surface area contributed by atoms with Crippen molar-refractivity contribution in [3.8, 4) is 0 Å². The van der Waals surface area contributed by atoms with Gasteiger partial charge in [0, 0.05) is 0 Å². The Bertz CT molecular complexity index is 708. The molecule has 0 bridgehead atoms. The van der Waals surface area contributed by atoms with E-state index in [1.54, 1.807) is 13.0 Å². The summed E-state index contributed by atoms with van der Waals surface area (Å²) in [5, 5.41) is 8.54. The molecule has 1 N–H and O–H groups in total. The number of carboxylic acids is 1. The lowest BCUT2D eigenvalue weighted by atomic mass is 10.2. The van der Waals surface area contributed by atoms with Gasteiger partial charge in [0.25, 0.3) is 0 Å². The molecular formula is C33H58O8. The monoisotopic (exact) mass is 582 g/mol. The number of carboxylic acid groups (broad SMARTS) is 1. The van der Waals surface area contributed by atoms with Crippen molar-refractivity contribution in [3.05, 3.63) is 36.5 Å².